The van der Waals surface area contributed by atoms with Gasteiger partial charge in [-0.3, -0.25) is 9.69 Å². The summed E-state index contributed by atoms with van der Waals surface area (Å²) in [6.07, 6.45) is 0. The highest BCUT2D eigenvalue weighted by atomic mass is 32.1. The number of hydrogen-bond acceptors (Lipinski definition) is 5. The molecule has 138 valence electrons. The fourth-order valence-corrected chi connectivity index (χ4v) is 4.19. The average Bonchev–Trinajstić information content (AvgIpc) is 3.21. The molecule has 0 bridgehead atoms. The maximum atomic E-state index is 13.0. The van der Waals surface area contributed by atoms with Gasteiger partial charge in [0.1, 0.15) is 5.58 Å². The van der Waals surface area contributed by atoms with Crippen LogP contribution in [0.3, 0.4) is 0 Å². The zero-order valence-electron chi connectivity index (χ0n) is 15.2. The van der Waals surface area contributed by atoms with Crippen molar-refractivity contribution in [2.24, 2.45) is 0 Å². The van der Waals surface area contributed by atoms with Gasteiger partial charge >= 0.3 is 11.7 Å². The number of thiophene rings is 1. The van der Waals surface area contributed by atoms with E-state index in [1.54, 1.807) is 13.0 Å². The lowest BCUT2D eigenvalue weighted by Crippen LogP contribution is -2.40. The van der Waals surface area contributed by atoms with E-state index in [1.165, 1.54) is 17.4 Å². The standard InChI is InChI=1S/C20H18N2O4S/c1-11-7-14-13(9-17(23)26-15(14)8-12(11)2)10-22-18(24)20(3,21-19(22)25)16-5-4-6-27-16/h4-9H,10H2,1-3H3,(H,21,25). The Morgan fingerprint density at radius 2 is 1.89 bits per heavy atom. The summed E-state index contributed by atoms with van der Waals surface area (Å²) in [6.45, 7) is 5.61. The Hall–Kier alpha value is -2.93. The Kier molecular flexibility index (Phi) is 3.92. The minimum absolute atomic E-state index is 0.0102. The number of urea groups is 1. The van der Waals surface area contributed by atoms with Crippen molar-refractivity contribution in [1.82, 2.24) is 10.2 Å². The number of carbonyl (C=O) groups excluding carboxylic acids is 2. The molecule has 1 aromatic carbocycles. The normalized spacial score (nSPS) is 19.7. The van der Waals surface area contributed by atoms with Gasteiger partial charge in [-0.15, -0.1) is 11.3 Å². The predicted molar refractivity (Wildman–Crippen MR) is 103 cm³/mol. The molecule has 2 aromatic heterocycles. The van der Waals surface area contributed by atoms with Gasteiger partial charge in [-0.2, -0.15) is 0 Å². The van der Waals surface area contributed by atoms with E-state index >= 15 is 0 Å². The van der Waals surface area contributed by atoms with Crippen LogP contribution in [0.25, 0.3) is 11.0 Å². The molecule has 1 N–H and O–H groups in total. The van der Waals surface area contributed by atoms with E-state index in [0.717, 1.165) is 26.3 Å². The zero-order chi connectivity index (χ0) is 19.3. The van der Waals surface area contributed by atoms with E-state index in [1.807, 2.05) is 37.4 Å². The quantitative estimate of drug-likeness (QED) is 0.556. The van der Waals surface area contributed by atoms with Gasteiger partial charge < -0.3 is 9.73 Å². The third-order valence-electron chi connectivity index (χ3n) is 5.06. The van der Waals surface area contributed by atoms with Crippen LogP contribution in [0.1, 0.15) is 28.5 Å². The fraction of sp³-hybridized carbons (Fsp3) is 0.250. The fourth-order valence-electron chi connectivity index (χ4n) is 3.35. The van der Waals surface area contributed by atoms with Gasteiger partial charge in [0.05, 0.1) is 6.54 Å². The Morgan fingerprint density at radius 1 is 1.15 bits per heavy atom. The molecule has 0 radical (unpaired) electrons. The SMILES string of the molecule is Cc1cc2oc(=O)cc(CN3C(=O)NC(C)(c4cccs4)C3=O)c2cc1C. The molecule has 0 aliphatic carbocycles. The van der Waals surface area contributed by atoms with Crippen LogP contribution in [0.4, 0.5) is 4.79 Å². The molecule has 1 saturated heterocycles. The van der Waals surface area contributed by atoms with Crippen LogP contribution in [-0.4, -0.2) is 16.8 Å². The number of amides is 3. The van der Waals surface area contributed by atoms with Gasteiger partial charge in [-0.05, 0) is 61.0 Å². The molecule has 3 heterocycles. The summed E-state index contributed by atoms with van der Waals surface area (Å²) in [5.41, 5.74) is 1.49. The van der Waals surface area contributed by atoms with E-state index in [9.17, 15) is 14.4 Å². The van der Waals surface area contributed by atoms with Gasteiger partial charge in [0.15, 0.2) is 5.54 Å². The number of rotatable bonds is 3. The second-order valence-corrected chi connectivity index (χ2v) is 7.89. The Bertz CT molecular complexity index is 1130. The van der Waals surface area contributed by atoms with Crippen molar-refractivity contribution < 1.29 is 14.0 Å². The summed E-state index contributed by atoms with van der Waals surface area (Å²) >= 11 is 1.41. The lowest BCUT2D eigenvalue weighted by atomic mass is 10.00. The number of aryl methyl sites for hydroxylation is 2. The molecule has 0 saturated carbocycles. The van der Waals surface area contributed by atoms with Crippen LogP contribution < -0.4 is 10.9 Å². The molecule has 6 nitrogen and oxygen atoms in total. The Balaban J connectivity index is 1.76. The molecule has 27 heavy (non-hydrogen) atoms. The second kappa shape index (κ2) is 6.06. The van der Waals surface area contributed by atoms with Gasteiger partial charge in [0.2, 0.25) is 0 Å². The summed E-state index contributed by atoms with van der Waals surface area (Å²) in [5, 5.41) is 5.37. The molecule has 0 spiro atoms. The minimum atomic E-state index is -1.09. The first-order valence-corrected chi connectivity index (χ1v) is 9.39. The summed E-state index contributed by atoms with van der Waals surface area (Å²) in [7, 11) is 0. The van der Waals surface area contributed by atoms with E-state index in [0.29, 0.717) is 11.1 Å². The van der Waals surface area contributed by atoms with Crippen molar-refractivity contribution in [2.45, 2.75) is 32.9 Å². The summed E-state index contributed by atoms with van der Waals surface area (Å²) < 4.78 is 5.30. The number of fused-ring (bicyclic) bond motifs is 1. The van der Waals surface area contributed by atoms with Crippen molar-refractivity contribution >= 4 is 34.2 Å². The van der Waals surface area contributed by atoms with Gasteiger partial charge in [-0.1, -0.05) is 6.07 Å². The maximum absolute atomic E-state index is 13.0. The van der Waals surface area contributed by atoms with E-state index in [4.69, 9.17) is 4.42 Å². The number of nitrogens with one attached hydrogen (secondary N) is 1. The smallest absolute Gasteiger partial charge is 0.336 e. The highest BCUT2D eigenvalue weighted by molar-refractivity contribution is 7.10. The van der Waals surface area contributed by atoms with Crippen LogP contribution in [0.2, 0.25) is 0 Å². The maximum Gasteiger partial charge on any atom is 0.336 e. The van der Waals surface area contributed by atoms with Crippen molar-refractivity contribution in [3.8, 4) is 0 Å². The molecule has 3 aromatic rings. The van der Waals surface area contributed by atoms with Crippen LogP contribution in [0, 0.1) is 13.8 Å². The predicted octanol–water partition coefficient (Wildman–Crippen LogP) is 3.44. The summed E-state index contributed by atoms with van der Waals surface area (Å²) in [5.74, 6) is -0.333. The van der Waals surface area contributed by atoms with Gasteiger partial charge in [0, 0.05) is 16.3 Å². The minimum Gasteiger partial charge on any atom is -0.423 e. The Labute approximate surface area is 159 Å². The average molecular weight is 382 g/mol. The van der Waals surface area contributed by atoms with Crippen LogP contribution in [0.15, 0.2) is 44.9 Å². The highest BCUT2D eigenvalue weighted by Gasteiger charge is 2.49. The first-order chi connectivity index (χ1) is 12.8. The van der Waals surface area contributed by atoms with Gasteiger partial charge in [0.25, 0.3) is 5.91 Å². The molecular weight excluding hydrogens is 364 g/mol. The third kappa shape index (κ3) is 2.75. The zero-order valence-corrected chi connectivity index (χ0v) is 16.0. The molecular formula is C20H18N2O4S. The third-order valence-corrected chi connectivity index (χ3v) is 6.15. The molecule has 3 amide bonds. The molecule has 1 unspecified atom stereocenters. The van der Waals surface area contributed by atoms with Crippen molar-refractivity contribution in [1.29, 1.82) is 0 Å². The molecule has 1 atom stereocenters. The van der Waals surface area contributed by atoms with Crippen molar-refractivity contribution in [3.63, 3.8) is 0 Å². The van der Waals surface area contributed by atoms with E-state index in [-0.39, 0.29) is 12.5 Å². The molecule has 1 aliphatic rings. The first-order valence-electron chi connectivity index (χ1n) is 8.51. The monoisotopic (exact) mass is 382 g/mol. The van der Waals surface area contributed by atoms with Crippen LogP contribution >= 0.6 is 11.3 Å². The number of benzene rings is 1. The van der Waals surface area contributed by atoms with E-state index in [2.05, 4.69) is 5.32 Å². The second-order valence-electron chi connectivity index (χ2n) is 6.95. The highest BCUT2D eigenvalue weighted by Crippen LogP contribution is 2.33. The van der Waals surface area contributed by atoms with Crippen LogP contribution in [0.5, 0.6) is 0 Å². The number of hydrogen-bond donors (Lipinski definition) is 1. The summed E-state index contributed by atoms with van der Waals surface area (Å²) in [4.78, 5) is 39.5. The van der Waals surface area contributed by atoms with Crippen molar-refractivity contribution in [3.05, 3.63) is 67.7 Å². The van der Waals surface area contributed by atoms with Crippen molar-refractivity contribution in [2.75, 3.05) is 0 Å². The molecule has 1 aliphatic heterocycles. The largest absolute Gasteiger partial charge is 0.423 e. The summed E-state index contributed by atoms with van der Waals surface area (Å²) in [6, 6.07) is 8.26. The molecule has 7 heteroatoms. The van der Waals surface area contributed by atoms with Gasteiger partial charge in [-0.25, -0.2) is 9.59 Å². The first kappa shape index (κ1) is 17.5. The lowest BCUT2D eigenvalue weighted by Gasteiger charge is -2.20. The molecule has 4 rings (SSSR count). The Morgan fingerprint density at radius 3 is 2.59 bits per heavy atom. The van der Waals surface area contributed by atoms with E-state index < -0.39 is 17.2 Å². The number of carbonyl (C=O) groups is 2. The number of nitrogens with zero attached hydrogens (tertiary/aromatic N) is 1. The topological polar surface area (TPSA) is 79.6 Å². The lowest BCUT2D eigenvalue weighted by molar-refractivity contribution is -0.131. The van der Waals surface area contributed by atoms with Crippen LogP contribution in [-0.2, 0) is 16.9 Å². The molecule has 1 fully saturated rings. The number of imide groups is 1.